The predicted molar refractivity (Wildman–Crippen MR) is 90.6 cm³/mol. The zero-order chi connectivity index (χ0) is 15.7. The minimum Gasteiger partial charge on any atom is -0.383 e. The van der Waals surface area contributed by atoms with Crippen LogP contribution in [-0.2, 0) is 0 Å². The highest BCUT2D eigenvalue weighted by atomic mass is 15.2. The van der Waals surface area contributed by atoms with Gasteiger partial charge in [-0.2, -0.15) is 9.97 Å². The first kappa shape index (κ1) is 14.7. The zero-order valence-electron chi connectivity index (χ0n) is 13.1. The van der Waals surface area contributed by atoms with Crippen molar-refractivity contribution in [3.8, 4) is 0 Å². The van der Waals surface area contributed by atoms with Crippen molar-refractivity contribution in [2.45, 2.75) is 25.8 Å². The molecule has 0 aromatic carbocycles. The Morgan fingerprint density at radius 1 is 1.27 bits per heavy atom. The van der Waals surface area contributed by atoms with Gasteiger partial charge in [0, 0.05) is 6.04 Å². The predicted octanol–water partition coefficient (Wildman–Crippen LogP) is 2.15. The van der Waals surface area contributed by atoms with Crippen LogP contribution in [0.5, 0.6) is 0 Å². The van der Waals surface area contributed by atoms with Crippen LogP contribution in [0.2, 0.25) is 0 Å². The summed E-state index contributed by atoms with van der Waals surface area (Å²) in [5.41, 5.74) is 8.40. The van der Waals surface area contributed by atoms with E-state index in [0.717, 1.165) is 42.6 Å². The molecular formula is C16H22N6. The normalized spacial score (nSPS) is 16.8. The van der Waals surface area contributed by atoms with Gasteiger partial charge in [0.05, 0.1) is 11.1 Å². The van der Waals surface area contributed by atoms with E-state index in [1.807, 2.05) is 19.1 Å². The summed E-state index contributed by atoms with van der Waals surface area (Å²) in [5.74, 6) is 1.02. The second-order valence-corrected chi connectivity index (χ2v) is 6.00. The summed E-state index contributed by atoms with van der Waals surface area (Å²) < 4.78 is 0. The number of hydrogen-bond donors (Lipinski definition) is 2. The number of fused-ring (bicyclic) bond motifs is 1. The first-order valence-electron chi connectivity index (χ1n) is 7.58. The Hall–Kier alpha value is -2.21. The average molecular weight is 298 g/mol. The molecule has 0 spiro atoms. The molecule has 1 fully saturated rings. The third-order valence-corrected chi connectivity index (χ3v) is 4.08. The molecule has 6 heteroatoms. The zero-order valence-corrected chi connectivity index (χ0v) is 13.1. The molecule has 2 aromatic rings. The van der Waals surface area contributed by atoms with E-state index in [4.69, 9.17) is 5.73 Å². The molecule has 22 heavy (non-hydrogen) atoms. The number of hydrogen-bond acceptors (Lipinski definition) is 6. The van der Waals surface area contributed by atoms with Crippen LogP contribution in [0.15, 0.2) is 18.7 Å². The number of nitrogens with zero attached hydrogens (tertiary/aromatic N) is 4. The third-order valence-electron chi connectivity index (χ3n) is 4.08. The van der Waals surface area contributed by atoms with Crippen molar-refractivity contribution in [3.63, 3.8) is 0 Å². The summed E-state index contributed by atoms with van der Waals surface area (Å²) in [6, 6.07) is 4.19. The molecule has 0 saturated carbocycles. The smallest absolute Gasteiger partial charge is 0.226 e. The molecule has 0 atom stereocenters. The number of nitrogens with two attached hydrogens (primary N) is 1. The third kappa shape index (κ3) is 3.01. The molecule has 1 saturated heterocycles. The maximum absolute atomic E-state index is 6.05. The number of allylic oxidation sites excluding steroid dienone is 1. The average Bonchev–Trinajstić information content (AvgIpc) is 2.49. The lowest BCUT2D eigenvalue weighted by Crippen LogP contribution is -2.37. The van der Waals surface area contributed by atoms with Crippen LogP contribution in [0, 0.1) is 0 Å². The number of nitrogens with one attached hydrogen (secondary N) is 1. The number of likely N-dealkylation sites (tertiary alicyclic amines) is 1. The summed E-state index contributed by atoms with van der Waals surface area (Å²) in [4.78, 5) is 15.7. The van der Waals surface area contributed by atoms with Crippen LogP contribution in [0.25, 0.3) is 16.6 Å². The van der Waals surface area contributed by atoms with Gasteiger partial charge in [-0.3, -0.25) is 0 Å². The number of anilines is 2. The summed E-state index contributed by atoms with van der Waals surface area (Å²) in [6.45, 7) is 8.01. The van der Waals surface area contributed by atoms with Crippen molar-refractivity contribution >= 4 is 28.4 Å². The lowest BCUT2D eigenvalue weighted by molar-refractivity contribution is 0.263. The van der Waals surface area contributed by atoms with Crippen molar-refractivity contribution in [2.24, 2.45) is 0 Å². The minimum absolute atomic E-state index is 0.386. The van der Waals surface area contributed by atoms with Crippen LogP contribution in [0.4, 0.5) is 11.8 Å². The number of pyridine rings is 1. The number of piperidine rings is 1. The van der Waals surface area contributed by atoms with Gasteiger partial charge in [-0.15, -0.1) is 0 Å². The summed E-state index contributed by atoms with van der Waals surface area (Å²) in [7, 11) is 2.14. The molecule has 1 aliphatic rings. The Labute approximate surface area is 130 Å². The molecule has 0 aliphatic carbocycles. The number of nitrogen functional groups attached to an aromatic ring is 1. The van der Waals surface area contributed by atoms with Crippen LogP contribution in [0.1, 0.15) is 25.5 Å². The van der Waals surface area contributed by atoms with Gasteiger partial charge in [0.1, 0.15) is 5.82 Å². The first-order chi connectivity index (χ1) is 10.5. The fourth-order valence-corrected chi connectivity index (χ4v) is 2.67. The van der Waals surface area contributed by atoms with E-state index >= 15 is 0 Å². The Balaban J connectivity index is 1.88. The highest BCUT2D eigenvalue weighted by Crippen LogP contribution is 2.22. The molecule has 3 N–H and O–H groups in total. The molecule has 2 aromatic heterocycles. The van der Waals surface area contributed by atoms with Gasteiger partial charge >= 0.3 is 0 Å². The van der Waals surface area contributed by atoms with E-state index in [1.165, 1.54) is 0 Å². The molecule has 0 radical (unpaired) electrons. The SMILES string of the molecule is C=C(C)c1ccc2c(N)nc(NC3CCN(C)CC3)nc2n1. The summed E-state index contributed by atoms with van der Waals surface area (Å²) >= 11 is 0. The minimum atomic E-state index is 0.386. The van der Waals surface area contributed by atoms with E-state index in [2.05, 4.69) is 38.8 Å². The number of aromatic nitrogens is 3. The van der Waals surface area contributed by atoms with Gasteiger partial charge in [-0.1, -0.05) is 6.58 Å². The lowest BCUT2D eigenvalue weighted by Gasteiger charge is -2.29. The van der Waals surface area contributed by atoms with Crippen LogP contribution in [-0.4, -0.2) is 46.0 Å². The summed E-state index contributed by atoms with van der Waals surface area (Å²) in [6.07, 6.45) is 2.16. The highest BCUT2D eigenvalue weighted by molar-refractivity contribution is 5.87. The molecular weight excluding hydrogens is 276 g/mol. The van der Waals surface area contributed by atoms with Gasteiger partial charge in [0.15, 0.2) is 5.65 Å². The fourth-order valence-electron chi connectivity index (χ4n) is 2.67. The van der Waals surface area contributed by atoms with Crippen molar-refractivity contribution in [3.05, 3.63) is 24.4 Å². The Morgan fingerprint density at radius 2 is 2.00 bits per heavy atom. The van der Waals surface area contributed by atoms with E-state index < -0.39 is 0 Å². The van der Waals surface area contributed by atoms with Gasteiger partial charge < -0.3 is 16.0 Å². The molecule has 3 heterocycles. The molecule has 0 bridgehead atoms. The van der Waals surface area contributed by atoms with Gasteiger partial charge in [-0.25, -0.2) is 4.98 Å². The molecule has 0 amide bonds. The topological polar surface area (TPSA) is 80.0 Å². The molecule has 116 valence electrons. The van der Waals surface area contributed by atoms with Crippen LogP contribution in [0.3, 0.4) is 0 Å². The molecule has 1 aliphatic heterocycles. The van der Waals surface area contributed by atoms with Gasteiger partial charge in [0.2, 0.25) is 5.95 Å². The van der Waals surface area contributed by atoms with Crippen molar-refractivity contribution in [1.82, 2.24) is 19.9 Å². The largest absolute Gasteiger partial charge is 0.383 e. The quantitative estimate of drug-likeness (QED) is 0.904. The highest BCUT2D eigenvalue weighted by Gasteiger charge is 2.18. The molecule has 3 rings (SSSR count). The molecule has 0 unspecified atom stereocenters. The maximum atomic E-state index is 6.05. The summed E-state index contributed by atoms with van der Waals surface area (Å²) in [5, 5.41) is 4.17. The van der Waals surface area contributed by atoms with Crippen LogP contribution >= 0.6 is 0 Å². The lowest BCUT2D eigenvalue weighted by atomic mass is 10.1. The van der Waals surface area contributed by atoms with Gasteiger partial charge in [0.25, 0.3) is 0 Å². The first-order valence-corrected chi connectivity index (χ1v) is 7.58. The second-order valence-electron chi connectivity index (χ2n) is 6.00. The van der Waals surface area contributed by atoms with E-state index in [9.17, 15) is 0 Å². The standard InChI is InChI=1S/C16H22N6/c1-10(2)13-5-4-12-14(17)20-16(21-15(12)19-13)18-11-6-8-22(3)9-7-11/h4-5,11H,1,6-9H2,2-3H3,(H3,17,18,19,20,21). The fraction of sp³-hybridized carbons (Fsp3) is 0.438. The Kier molecular flexibility index (Phi) is 3.94. The van der Waals surface area contributed by atoms with E-state index in [0.29, 0.717) is 23.5 Å². The second kappa shape index (κ2) is 5.88. The Bertz CT molecular complexity index is 703. The van der Waals surface area contributed by atoms with Crippen LogP contribution < -0.4 is 11.1 Å². The monoisotopic (exact) mass is 298 g/mol. The van der Waals surface area contributed by atoms with Crippen molar-refractivity contribution < 1.29 is 0 Å². The van der Waals surface area contributed by atoms with Gasteiger partial charge in [-0.05, 0) is 57.6 Å². The van der Waals surface area contributed by atoms with E-state index in [1.54, 1.807) is 0 Å². The van der Waals surface area contributed by atoms with E-state index in [-0.39, 0.29) is 0 Å². The number of rotatable bonds is 3. The van der Waals surface area contributed by atoms with Crippen molar-refractivity contribution in [1.29, 1.82) is 0 Å². The molecule has 6 nitrogen and oxygen atoms in total. The van der Waals surface area contributed by atoms with Crippen molar-refractivity contribution in [2.75, 3.05) is 31.2 Å². The maximum Gasteiger partial charge on any atom is 0.226 e. The Morgan fingerprint density at radius 3 is 2.68 bits per heavy atom.